The van der Waals surface area contributed by atoms with E-state index in [1.165, 1.54) is 6.07 Å². The molecule has 1 aromatic heterocycles. The van der Waals surface area contributed by atoms with Crippen molar-refractivity contribution in [1.82, 2.24) is 20.0 Å². The number of nitrogens with one attached hydrogen (secondary N) is 1. The third kappa shape index (κ3) is 4.29. The first kappa shape index (κ1) is 17.4. The van der Waals surface area contributed by atoms with Crippen molar-refractivity contribution in [3.63, 3.8) is 0 Å². The van der Waals surface area contributed by atoms with E-state index in [0.717, 1.165) is 24.8 Å². The molecule has 0 spiro atoms. The lowest BCUT2D eigenvalue weighted by molar-refractivity contribution is -0.137. The first-order chi connectivity index (χ1) is 10.8. The van der Waals surface area contributed by atoms with Crippen LogP contribution in [0.5, 0.6) is 0 Å². The summed E-state index contributed by atoms with van der Waals surface area (Å²) in [5.74, 6) is 0.640. The topological polar surface area (TPSA) is 50.2 Å². The zero-order valence-electron chi connectivity index (χ0n) is 13.0. The maximum atomic E-state index is 12.7. The molecule has 0 atom stereocenters. The first-order valence-corrected chi connectivity index (χ1v) is 7.23. The Morgan fingerprint density at radius 3 is 2.78 bits per heavy atom. The lowest BCUT2D eigenvalue weighted by Crippen LogP contribution is -2.35. The average Bonchev–Trinajstić information content (AvgIpc) is 2.80. The fraction of sp³-hybridized carbons (Fsp3) is 0.467. The van der Waals surface area contributed by atoms with E-state index in [2.05, 4.69) is 10.4 Å². The van der Waals surface area contributed by atoms with Gasteiger partial charge in [-0.05, 0) is 24.6 Å². The molecule has 0 fully saturated rings. The average molecular weight is 328 g/mol. The quantitative estimate of drug-likeness (QED) is 0.482. The SMILES string of the molecule is CN(CCCC=O)NCc1nc2cc(C(F)(F)F)ccc2n1C. The monoisotopic (exact) mass is 328 g/mol. The Morgan fingerprint density at radius 1 is 1.39 bits per heavy atom. The summed E-state index contributed by atoms with van der Waals surface area (Å²) in [7, 11) is 3.61. The second-order valence-corrected chi connectivity index (χ2v) is 5.35. The van der Waals surface area contributed by atoms with E-state index in [1.807, 2.05) is 12.1 Å². The molecule has 0 saturated heterocycles. The predicted octanol–water partition coefficient (Wildman–Crippen LogP) is 2.51. The molecule has 1 heterocycles. The highest BCUT2D eigenvalue weighted by Gasteiger charge is 2.30. The van der Waals surface area contributed by atoms with Crippen LogP contribution in [0.15, 0.2) is 18.2 Å². The summed E-state index contributed by atoms with van der Waals surface area (Å²) in [5, 5.41) is 1.84. The highest BCUT2D eigenvalue weighted by Crippen LogP contribution is 2.31. The Balaban J connectivity index is 2.09. The molecule has 0 bridgehead atoms. The largest absolute Gasteiger partial charge is 0.416 e. The number of imidazole rings is 1. The molecule has 8 heteroatoms. The van der Waals surface area contributed by atoms with Gasteiger partial charge in [0.15, 0.2) is 0 Å². The Hall–Kier alpha value is -1.93. The molecule has 23 heavy (non-hydrogen) atoms. The van der Waals surface area contributed by atoms with Crippen molar-refractivity contribution in [2.75, 3.05) is 13.6 Å². The molecule has 126 valence electrons. The normalized spacial score (nSPS) is 12.3. The molecule has 2 aromatic rings. The molecule has 5 nitrogen and oxygen atoms in total. The summed E-state index contributed by atoms with van der Waals surface area (Å²) in [6.45, 7) is 1.09. The van der Waals surface area contributed by atoms with Gasteiger partial charge >= 0.3 is 6.18 Å². The van der Waals surface area contributed by atoms with Gasteiger partial charge in [0.25, 0.3) is 0 Å². The van der Waals surface area contributed by atoms with E-state index >= 15 is 0 Å². The van der Waals surface area contributed by atoms with Gasteiger partial charge in [-0.1, -0.05) is 0 Å². The number of hydrogen-bond acceptors (Lipinski definition) is 4. The molecule has 0 aliphatic rings. The summed E-state index contributed by atoms with van der Waals surface area (Å²) in [4.78, 5) is 14.5. The van der Waals surface area contributed by atoms with E-state index in [-0.39, 0.29) is 0 Å². The summed E-state index contributed by atoms with van der Waals surface area (Å²) >= 11 is 0. The number of carbonyl (C=O) groups is 1. The minimum Gasteiger partial charge on any atom is -0.330 e. The zero-order valence-corrected chi connectivity index (χ0v) is 13.0. The minimum atomic E-state index is -4.37. The highest BCUT2D eigenvalue weighted by atomic mass is 19.4. The Labute approximate surface area is 132 Å². The van der Waals surface area contributed by atoms with Crippen LogP contribution < -0.4 is 5.43 Å². The summed E-state index contributed by atoms with van der Waals surface area (Å²) in [6, 6.07) is 3.56. The first-order valence-electron chi connectivity index (χ1n) is 7.23. The van der Waals surface area contributed by atoms with Gasteiger partial charge in [-0.15, -0.1) is 0 Å². The number of benzene rings is 1. The van der Waals surface area contributed by atoms with Crippen molar-refractivity contribution in [1.29, 1.82) is 0 Å². The number of carbonyl (C=O) groups excluding carboxylic acids is 1. The number of fused-ring (bicyclic) bond motifs is 1. The maximum Gasteiger partial charge on any atom is 0.416 e. The molecule has 2 rings (SSSR count). The van der Waals surface area contributed by atoms with E-state index in [4.69, 9.17) is 0 Å². The van der Waals surface area contributed by atoms with Crippen LogP contribution in [0.4, 0.5) is 13.2 Å². The lowest BCUT2D eigenvalue weighted by atomic mass is 10.2. The van der Waals surface area contributed by atoms with Crippen molar-refractivity contribution in [3.05, 3.63) is 29.6 Å². The summed E-state index contributed by atoms with van der Waals surface area (Å²) < 4.78 is 40.0. The smallest absolute Gasteiger partial charge is 0.330 e. The number of rotatable bonds is 7. The van der Waals surface area contributed by atoms with Crippen LogP contribution in [0.1, 0.15) is 24.2 Å². The Morgan fingerprint density at radius 2 is 2.13 bits per heavy atom. The minimum absolute atomic E-state index is 0.322. The second-order valence-electron chi connectivity index (χ2n) is 5.35. The van der Waals surface area contributed by atoms with E-state index in [1.54, 1.807) is 11.6 Å². The number of unbranched alkanes of at least 4 members (excludes halogenated alkanes) is 1. The summed E-state index contributed by atoms with van der Waals surface area (Å²) in [5.41, 5.74) is 3.39. The lowest BCUT2D eigenvalue weighted by Gasteiger charge is -2.17. The molecular weight excluding hydrogens is 309 g/mol. The molecule has 0 aliphatic carbocycles. The molecular formula is C15H19F3N4O. The van der Waals surface area contributed by atoms with Crippen LogP contribution in [-0.2, 0) is 24.6 Å². The number of aromatic nitrogens is 2. The van der Waals surface area contributed by atoms with Gasteiger partial charge in [0, 0.05) is 27.1 Å². The number of aryl methyl sites for hydroxylation is 1. The van der Waals surface area contributed by atoms with Crippen LogP contribution in [0, 0.1) is 0 Å². The van der Waals surface area contributed by atoms with E-state index in [0.29, 0.717) is 36.4 Å². The van der Waals surface area contributed by atoms with E-state index in [9.17, 15) is 18.0 Å². The Bertz CT molecular complexity index is 681. The van der Waals surface area contributed by atoms with Crippen LogP contribution >= 0.6 is 0 Å². The van der Waals surface area contributed by atoms with Gasteiger partial charge in [0.1, 0.15) is 12.1 Å². The maximum absolute atomic E-state index is 12.7. The van der Waals surface area contributed by atoms with Crippen molar-refractivity contribution in [3.8, 4) is 0 Å². The number of alkyl halides is 3. The van der Waals surface area contributed by atoms with Crippen molar-refractivity contribution < 1.29 is 18.0 Å². The van der Waals surface area contributed by atoms with Crippen LogP contribution in [0.3, 0.4) is 0 Å². The molecule has 0 amide bonds. The van der Waals surface area contributed by atoms with Crippen LogP contribution in [-0.4, -0.2) is 34.4 Å². The zero-order chi connectivity index (χ0) is 17.0. The third-order valence-corrected chi connectivity index (χ3v) is 3.62. The van der Waals surface area contributed by atoms with Crippen molar-refractivity contribution in [2.24, 2.45) is 7.05 Å². The third-order valence-electron chi connectivity index (χ3n) is 3.62. The number of halogens is 3. The number of hydrogen-bond donors (Lipinski definition) is 1. The van der Waals surface area contributed by atoms with Gasteiger partial charge in [0.2, 0.25) is 0 Å². The second kappa shape index (κ2) is 7.10. The van der Waals surface area contributed by atoms with Gasteiger partial charge in [-0.2, -0.15) is 13.2 Å². The van der Waals surface area contributed by atoms with Gasteiger partial charge < -0.3 is 9.36 Å². The van der Waals surface area contributed by atoms with Crippen LogP contribution in [0.25, 0.3) is 11.0 Å². The number of aldehydes is 1. The molecule has 0 saturated carbocycles. The molecule has 0 unspecified atom stereocenters. The highest BCUT2D eigenvalue weighted by molar-refractivity contribution is 5.77. The summed E-state index contributed by atoms with van der Waals surface area (Å²) in [6.07, 6.45) is -2.26. The Kier molecular flexibility index (Phi) is 5.38. The molecule has 1 aromatic carbocycles. The molecule has 0 radical (unpaired) electrons. The molecule has 0 aliphatic heterocycles. The molecule has 1 N–H and O–H groups in total. The van der Waals surface area contributed by atoms with Gasteiger partial charge in [0.05, 0.1) is 23.1 Å². The fourth-order valence-electron chi connectivity index (χ4n) is 2.28. The van der Waals surface area contributed by atoms with Gasteiger partial charge in [-0.25, -0.2) is 15.4 Å². The van der Waals surface area contributed by atoms with Crippen molar-refractivity contribution in [2.45, 2.75) is 25.6 Å². The van der Waals surface area contributed by atoms with E-state index < -0.39 is 11.7 Å². The van der Waals surface area contributed by atoms with Crippen molar-refractivity contribution >= 4 is 17.3 Å². The van der Waals surface area contributed by atoms with Gasteiger partial charge in [-0.3, -0.25) is 0 Å². The number of nitrogens with zero attached hydrogens (tertiary/aromatic N) is 3. The number of hydrazine groups is 1. The standard InChI is InChI=1S/C15H19F3N4O/c1-21(7-3-4-8-23)19-10-14-20-12-9-11(15(16,17)18)5-6-13(12)22(14)2/h5-6,8-9,19H,3-4,7,10H2,1-2H3. The predicted molar refractivity (Wildman–Crippen MR) is 80.5 cm³/mol. The fourth-order valence-corrected chi connectivity index (χ4v) is 2.28. The van der Waals surface area contributed by atoms with Crippen LogP contribution in [0.2, 0.25) is 0 Å².